The second-order valence-electron chi connectivity index (χ2n) is 7.55. The predicted octanol–water partition coefficient (Wildman–Crippen LogP) is 4.25. The lowest BCUT2D eigenvalue weighted by molar-refractivity contribution is 0.0601. The third-order valence-electron chi connectivity index (χ3n) is 5.36. The van der Waals surface area contributed by atoms with Crippen LogP contribution in [-0.4, -0.2) is 33.5 Å². The van der Waals surface area contributed by atoms with Gasteiger partial charge in [-0.05, 0) is 35.7 Å². The number of aryl methyl sites for hydroxylation is 1. The molecule has 0 spiro atoms. The van der Waals surface area contributed by atoms with Crippen LogP contribution < -0.4 is 5.56 Å². The Morgan fingerprint density at radius 1 is 1.06 bits per heavy atom. The van der Waals surface area contributed by atoms with Gasteiger partial charge in [0.2, 0.25) is 0 Å². The topological polar surface area (TPSA) is 81.4 Å². The highest BCUT2D eigenvalue weighted by Crippen LogP contribution is 2.25. The summed E-state index contributed by atoms with van der Waals surface area (Å²) in [7, 11) is 1.31. The van der Waals surface area contributed by atoms with Gasteiger partial charge in [0.1, 0.15) is 0 Å². The Morgan fingerprint density at radius 2 is 1.76 bits per heavy atom. The van der Waals surface area contributed by atoms with Crippen LogP contribution in [0.25, 0.3) is 10.9 Å². The van der Waals surface area contributed by atoms with E-state index in [2.05, 4.69) is 0 Å². The van der Waals surface area contributed by atoms with Crippen molar-refractivity contribution in [3.8, 4) is 0 Å². The van der Waals surface area contributed by atoms with Gasteiger partial charge in [-0.15, -0.1) is 0 Å². The van der Waals surface area contributed by atoms with Gasteiger partial charge in [0, 0.05) is 12.3 Å². The predicted molar refractivity (Wildman–Crippen MR) is 130 cm³/mol. The minimum Gasteiger partial charge on any atom is -0.465 e. The smallest absolute Gasteiger partial charge is 0.337 e. The number of esters is 1. The molecule has 6 nitrogen and oxygen atoms in total. The molecule has 1 heterocycles. The summed E-state index contributed by atoms with van der Waals surface area (Å²) in [6.07, 6.45) is -0.0315. The normalized spacial score (nSPS) is 11.9. The molecule has 33 heavy (non-hydrogen) atoms. The first-order valence-electron chi connectivity index (χ1n) is 10.6. The van der Waals surface area contributed by atoms with Crippen LogP contribution >= 0.6 is 11.8 Å². The van der Waals surface area contributed by atoms with Crippen molar-refractivity contribution in [2.24, 2.45) is 0 Å². The Labute approximate surface area is 195 Å². The molecule has 1 aromatic heterocycles. The van der Waals surface area contributed by atoms with Crippen LogP contribution in [0.2, 0.25) is 0 Å². The minimum atomic E-state index is -0.701. The van der Waals surface area contributed by atoms with Crippen LogP contribution in [0.1, 0.15) is 27.6 Å². The number of methoxy groups -OCH3 is 1. The molecule has 1 atom stereocenters. The number of ether oxygens (including phenoxy) is 1. The second kappa shape index (κ2) is 10.5. The summed E-state index contributed by atoms with van der Waals surface area (Å²) in [5, 5.41) is 11.5. The van der Waals surface area contributed by atoms with Gasteiger partial charge in [0.05, 0.1) is 29.7 Å². The first-order valence-corrected chi connectivity index (χ1v) is 11.6. The van der Waals surface area contributed by atoms with Crippen molar-refractivity contribution >= 4 is 28.6 Å². The van der Waals surface area contributed by atoms with E-state index < -0.39 is 12.1 Å². The molecule has 0 aliphatic carbocycles. The SMILES string of the molecule is COC(=O)c1ccc2c(=O)n(CCc3ccccc3)c(SCC(O)c3ccccc3)nc2c1. The molecule has 3 aromatic carbocycles. The lowest BCUT2D eigenvalue weighted by atomic mass is 10.1. The Bertz CT molecular complexity index is 1310. The van der Waals surface area contributed by atoms with Gasteiger partial charge < -0.3 is 9.84 Å². The van der Waals surface area contributed by atoms with Crippen molar-refractivity contribution in [2.45, 2.75) is 24.2 Å². The standard InChI is InChI=1S/C26H24N2O4S/c1-32-25(31)20-12-13-21-22(16-20)27-26(33-17-23(29)19-10-6-3-7-11-19)28(24(21)30)15-14-18-8-4-2-5-9-18/h2-13,16,23,29H,14-15,17H2,1H3. The zero-order valence-corrected chi connectivity index (χ0v) is 19.0. The van der Waals surface area contributed by atoms with Gasteiger partial charge in [0.15, 0.2) is 5.16 Å². The maximum absolute atomic E-state index is 13.4. The number of aliphatic hydroxyl groups is 1. The lowest BCUT2D eigenvalue weighted by Gasteiger charge is -2.15. The molecule has 168 valence electrons. The van der Waals surface area contributed by atoms with Crippen LogP contribution in [0, 0.1) is 0 Å². The number of fused-ring (bicyclic) bond motifs is 1. The minimum absolute atomic E-state index is 0.177. The number of nitrogens with zero attached hydrogens (tertiary/aromatic N) is 2. The number of aromatic nitrogens is 2. The van der Waals surface area contributed by atoms with Crippen molar-refractivity contribution in [1.29, 1.82) is 0 Å². The maximum Gasteiger partial charge on any atom is 0.337 e. The maximum atomic E-state index is 13.4. The molecule has 0 saturated heterocycles. The average Bonchev–Trinajstić information content (AvgIpc) is 2.87. The summed E-state index contributed by atoms with van der Waals surface area (Å²) in [4.78, 5) is 30.0. The van der Waals surface area contributed by atoms with Crippen LogP contribution in [-0.2, 0) is 17.7 Å². The summed E-state index contributed by atoms with van der Waals surface area (Å²) in [6.45, 7) is 0.453. The first kappa shape index (κ1) is 22.8. The summed E-state index contributed by atoms with van der Waals surface area (Å²) in [5.74, 6) is -0.148. The van der Waals surface area contributed by atoms with Crippen molar-refractivity contribution in [1.82, 2.24) is 9.55 Å². The summed E-state index contributed by atoms with van der Waals surface area (Å²) < 4.78 is 6.44. The Morgan fingerprint density at radius 3 is 2.45 bits per heavy atom. The molecule has 4 rings (SSSR count). The van der Waals surface area contributed by atoms with E-state index in [1.165, 1.54) is 18.9 Å². The molecule has 4 aromatic rings. The molecule has 0 aliphatic rings. The molecular formula is C26H24N2O4S. The lowest BCUT2D eigenvalue weighted by Crippen LogP contribution is -2.25. The number of thioether (sulfide) groups is 1. The quantitative estimate of drug-likeness (QED) is 0.241. The van der Waals surface area contributed by atoms with Gasteiger partial charge in [-0.2, -0.15) is 0 Å². The number of hydrogen-bond acceptors (Lipinski definition) is 6. The van der Waals surface area contributed by atoms with Crippen LogP contribution in [0.5, 0.6) is 0 Å². The zero-order chi connectivity index (χ0) is 23.2. The largest absolute Gasteiger partial charge is 0.465 e. The third kappa shape index (κ3) is 5.32. The number of aliphatic hydroxyl groups excluding tert-OH is 1. The molecule has 0 radical (unpaired) electrons. The van der Waals surface area contributed by atoms with Gasteiger partial charge in [-0.1, -0.05) is 72.4 Å². The number of carbonyl (C=O) groups excluding carboxylic acids is 1. The highest BCUT2D eigenvalue weighted by Gasteiger charge is 2.16. The summed E-state index contributed by atoms with van der Waals surface area (Å²) in [6, 6.07) is 24.1. The average molecular weight is 461 g/mol. The van der Waals surface area contributed by atoms with Gasteiger partial charge in [-0.25, -0.2) is 9.78 Å². The number of hydrogen-bond donors (Lipinski definition) is 1. The summed E-state index contributed by atoms with van der Waals surface area (Å²) >= 11 is 1.32. The van der Waals surface area contributed by atoms with Crippen LogP contribution in [0.15, 0.2) is 88.8 Å². The van der Waals surface area contributed by atoms with E-state index >= 15 is 0 Å². The molecule has 0 fully saturated rings. The van der Waals surface area contributed by atoms with E-state index in [0.717, 1.165) is 11.1 Å². The van der Waals surface area contributed by atoms with Gasteiger partial charge in [0.25, 0.3) is 5.56 Å². The van der Waals surface area contributed by atoms with E-state index in [0.29, 0.717) is 40.3 Å². The van der Waals surface area contributed by atoms with Crippen molar-refractivity contribution < 1.29 is 14.6 Å². The fourth-order valence-corrected chi connectivity index (χ4v) is 4.56. The monoisotopic (exact) mass is 460 g/mol. The molecule has 7 heteroatoms. The summed E-state index contributed by atoms with van der Waals surface area (Å²) in [5.41, 5.74) is 2.50. The fraction of sp³-hybridized carbons (Fsp3) is 0.192. The first-order chi connectivity index (χ1) is 16.1. The fourth-order valence-electron chi connectivity index (χ4n) is 3.56. The highest BCUT2D eigenvalue weighted by atomic mass is 32.2. The van der Waals surface area contributed by atoms with Crippen LogP contribution in [0.3, 0.4) is 0 Å². The third-order valence-corrected chi connectivity index (χ3v) is 6.42. The van der Waals surface area contributed by atoms with E-state index in [4.69, 9.17) is 9.72 Å². The molecular weight excluding hydrogens is 436 g/mol. The molecule has 0 aliphatic heterocycles. The molecule has 0 bridgehead atoms. The van der Waals surface area contributed by atoms with E-state index in [-0.39, 0.29) is 5.56 Å². The Kier molecular flexibility index (Phi) is 7.22. The number of rotatable bonds is 8. The van der Waals surface area contributed by atoms with Gasteiger partial charge in [-0.3, -0.25) is 9.36 Å². The van der Waals surface area contributed by atoms with E-state index in [9.17, 15) is 14.7 Å². The Hall–Kier alpha value is -3.42. The van der Waals surface area contributed by atoms with Crippen molar-refractivity contribution in [3.05, 3.63) is 106 Å². The number of benzene rings is 3. The highest BCUT2D eigenvalue weighted by molar-refractivity contribution is 7.99. The van der Waals surface area contributed by atoms with E-state index in [1.807, 2.05) is 60.7 Å². The van der Waals surface area contributed by atoms with Crippen molar-refractivity contribution in [3.63, 3.8) is 0 Å². The molecule has 0 amide bonds. The van der Waals surface area contributed by atoms with E-state index in [1.54, 1.807) is 22.8 Å². The zero-order valence-electron chi connectivity index (χ0n) is 18.2. The van der Waals surface area contributed by atoms with Crippen LogP contribution in [0.4, 0.5) is 0 Å². The second-order valence-corrected chi connectivity index (χ2v) is 8.53. The molecule has 1 N–H and O–H groups in total. The molecule has 0 saturated carbocycles. The van der Waals surface area contributed by atoms with Crippen molar-refractivity contribution in [2.75, 3.05) is 12.9 Å². The Balaban J connectivity index is 1.69. The van der Waals surface area contributed by atoms with Gasteiger partial charge >= 0.3 is 5.97 Å². The number of carbonyl (C=O) groups is 1. The molecule has 1 unspecified atom stereocenters.